The van der Waals surface area contributed by atoms with Crippen LogP contribution in [0.3, 0.4) is 0 Å². The van der Waals surface area contributed by atoms with Crippen LogP contribution in [0.2, 0.25) is 0 Å². The van der Waals surface area contributed by atoms with Crippen molar-refractivity contribution in [3.63, 3.8) is 0 Å². The van der Waals surface area contributed by atoms with Gasteiger partial charge >= 0.3 is 0 Å². The minimum absolute atomic E-state index is 0.0760. The van der Waals surface area contributed by atoms with E-state index in [0.29, 0.717) is 40.9 Å². The van der Waals surface area contributed by atoms with Crippen molar-refractivity contribution in [2.75, 3.05) is 32.3 Å². The predicted molar refractivity (Wildman–Crippen MR) is 119 cm³/mol. The molecule has 2 aromatic carbocycles. The number of likely N-dealkylation sites (N-methyl/N-ethyl adjacent to an activating group) is 1. The summed E-state index contributed by atoms with van der Waals surface area (Å²) in [5.41, 5.74) is 1.03. The molecule has 0 radical (unpaired) electrons. The van der Waals surface area contributed by atoms with Crippen molar-refractivity contribution in [2.24, 2.45) is 0 Å². The van der Waals surface area contributed by atoms with Crippen LogP contribution in [0.1, 0.15) is 23.2 Å². The standard InChI is InChI=1S/C21H21N3O6S2/c1-24(11-14-3-2-8-28-14)32(26,27)15-6-4-13(5-7-15)20(25)23-21-22-16-9-17-18(30-12-29-17)10-19(16)31-21/h4-7,9-10,14H,2-3,8,11-12H2,1H3,(H,22,23,25)/t14-/m0/s1. The van der Waals surface area contributed by atoms with Crippen LogP contribution in [-0.2, 0) is 14.8 Å². The van der Waals surface area contributed by atoms with Gasteiger partial charge in [0.25, 0.3) is 5.91 Å². The Bertz CT molecular complexity index is 1230. The van der Waals surface area contributed by atoms with Crippen molar-refractivity contribution >= 4 is 42.6 Å². The van der Waals surface area contributed by atoms with E-state index in [-0.39, 0.29) is 23.7 Å². The Morgan fingerprint density at radius 3 is 2.69 bits per heavy atom. The predicted octanol–water partition coefficient (Wildman–Crippen LogP) is 3.08. The van der Waals surface area contributed by atoms with E-state index in [1.54, 1.807) is 6.07 Å². The van der Waals surface area contributed by atoms with Gasteiger partial charge in [0, 0.05) is 37.9 Å². The van der Waals surface area contributed by atoms with Gasteiger partial charge in [-0.2, -0.15) is 4.31 Å². The average Bonchev–Trinajstić information content (AvgIpc) is 3.52. The van der Waals surface area contributed by atoms with Gasteiger partial charge in [0.05, 0.1) is 21.2 Å². The Hall–Kier alpha value is -2.73. The zero-order valence-electron chi connectivity index (χ0n) is 17.2. The lowest BCUT2D eigenvalue weighted by Crippen LogP contribution is -2.34. The van der Waals surface area contributed by atoms with Crippen LogP contribution in [0.4, 0.5) is 5.13 Å². The summed E-state index contributed by atoms with van der Waals surface area (Å²) in [4.78, 5) is 17.2. The van der Waals surface area contributed by atoms with Crippen molar-refractivity contribution in [1.82, 2.24) is 9.29 Å². The molecule has 32 heavy (non-hydrogen) atoms. The van der Waals surface area contributed by atoms with E-state index in [1.807, 2.05) is 6.07 Å². The van der Waals surface area contributed by atoms with E-state index in [2.05, 4.69) is 10.3 Å². The van der Waals surface area contributed by atoms with E-state index in [4.69, 9.17) is 14.2 Å². The van der Waals surface area contributed by atoms with Crippen molar-refractivity contribution in [3.05, 3.63) is 42.0 Å². The molecule has 168 valence electrons. The maximum absolute atomic E-state index is 12.8. The SMILES string of the molecule is CN(C[C@@H]1CCCO1)S(=O)(=O)c1ccc(C(=O)Nc2nc3cc4c(cc3s2)OCO4)cc1. The van der Waals surface area contributed by atoms with Gasteiger partial charge in [-0.15, -0.1) is 0 Å². The number of fused-ring (bicyclic) bond motifs is 2. The van der Waals surface area contributed by atoms with Crippen molar-refractivity contribution in [2.45, 2.75) is 23.8 Å². The highest BCUT2D eigenvalue weighted by atomic mass is 32.2. The summed E-state index contributed by atoms with van der Waals surface area (Å²) in [7, 11) is -2.12. The topological polar surface area (TPSA) is 107 Å². The lowest BCUT2D eigenvalue weighted by molar-refractivity contribution is 0.0979. The van der Waals surface area contributed by atoms with E-state index in [0.717, 1.165) is 17.5 Å². The molecule has 2 aliphatic rings. The van der Waals surface area contributed by atoms with E-state index < -0.39 is 10.0 Å². The Morgan fingerprint density at radius 1 is 1.22 bits per heavy atom. The molecular formula is C21H21N3O6S2. The molecule has 0 aliphatic carbocycles. The van der Waals surface area contributed by atoms with Crippen molar-refractivity contribution in [1.29, 1.82) is 0 Å². The molecule has 1 amide bonds. The highest BCUT2D eigenvalue weighted by Crippen LogP contribution is 2.39. The van der Waals surface area contributed by atoms with Crippen LogP contribution < -0.4 is 14.8 Å². The van der Waals surface area contributed by atoms with Gasteiger partial charge in [0.1, 0.15) is 0 Å². The van der Waals surface area contributed by atoms with E-state index in [9.17, 15) is 13.2 Å². The number of carbonyl (C=O) groups excluding carboxylic acids is 1. The molecule has 1 atom stereocenters. The molecule has 0 spiro atoms. The van der Waals surface area contributed by atoms with Gasteiger partial charge in [-0.25, -0.2) is 13.4 Å². The number of nitrogens with one attached hydrogen (secondary N) is 1. The van der Waals surface area contributed by atoms with E-state index in [1.165, 1.54) is 47.0 Å². The summed E-state index contributed by atoms with van der Waals surface area (Å²) in [6.45, 7) is 1.16. The fourth-order valence-electron chi connectivity index (χ4n) is 3.67. The number of carbonyl (C=O) groups is 1. The number of benzene rings is 2. The number of hydrogen-bond donors (Lipinski definition) is 1. The van der Waals surface area contributed by atoms with Crippen LogP contribution in [0.15, 0.2) is 41.3 Å². The average molecular weight is 476 g/mol. The Balaban J connectivity index is 1.28. The highest BCUT2D eigenvalue weighted by molar-refractivity contribution is 7.89. The molecule has 5 rings (SSSR count). The minimum Gasteiger partial charge on any atom is -0.454 e. The zero-order valence-corrected chi connectivity index (χ0v) is 18.9. The molecule has 1 aromatic heterocycles. The molecule has 11 heteroatoms. The molecule has 0 saturated carbocycles. The lowest BCUT2D eigenvalue weighted by Gasteiger charge is -2.20. The number of sulfonamides is 1. The highest BCUT2D eigenvalue weighted by Gasteiger charge is 2.26. The van der Waals surface area contributed by atoms with Crippen LogP contribution in [-0.4, -0.2) is 56.7 Å². The fraction of sp³-hybridized carbons (Fsp3) is 0.333. The fourth-order valence-corrected chi connectivity index (χ4v) is 5.75. The summed E-state index contributed by atoms with van der Waals surface area (Å²) in [6.07, 6.45) is 1.72. The Morgan fingerprint density at radius 2 is 1.97 bits per heavy atom. The van der Waals surface area contributed by atoms with Gasteiger partial charge in [0.15, 0.2) is 16.6 Å². The summed E-state index contributed by atoms with van der Waals surface area (Å²) in [5, 5.41) is 3.19. The second kappa shape index (κ2) is 8.32. The number of nitrogens with zero attached hydrogens (tertiary/aromatic N) is 2. The summed E-state index contributed by atoms with van der Waals surface area (Å²) < 4.78 is 44.0. The first-order valence-corrected chi connectivity index (χ1v) is 12.4. The van der Waals surface area contributed by atoms with Gasteiger partial charge in [0.2, 0.25) is 16.8 Å². The molecule has 2 aliphatic heterocycles. The maximum Gasteiger partial charge on any atom is 0.257 e. The molecule has 3 aromatic rings. The lowest BCUT2D eigenvalue weighted by atomic mass is 10.2. The molecule has 9 nitrogen and oxygen atoms in total. The quantitative estimate of drug-likeness (QED) is 0.584. The number of rotatable bonds is 6. The van der Waals surface area contributed by atoms with Crippen LogP contribution in [0, 0.1) is 0 Å². The number of anilines is 1. The third kappa shape index (κ3) is 4.04. The number of hydrogen-bond acceptors (Lipinski definition) is 8. The second-order valence-corrected chi connectivity index (χ2v) is 10.7. The first-order valence-electron chi connectivity index (χ1n) is 10.1. The van der Waals surface area contributed by atoms with E-state index >= 15 is 0 Å². The van der Waals surface area contributed by atoms with Gasteiger partial charge in [-0.1, -0.05) is 11.3 Å². The summed E-state index contributed by atoms with van der Waals surface area (Å²) in [5.74, 6) is 0.906. The Labute approximate surface area is 189 Å². The molecule has 1 N–H and O–H groups in total. The molecular weight excluding hydrogens is 454 g/mol. The number of ether oxygens (including phenoxy) is 3. The third-order valence-corrected chi connectivity index (χ3v) is 8.18. The summed E-state index contributed by atoms with van der Waals surface area (Å²) >= 11 is 1.32. The third-order valence-electron chi connectivity index (χ3n) is 5.41. The number of aromatic nitrogens is 1. The number of thiazole rings is 1. The molecule has 0 unspecified atom stereocenters. The molecule has 1 saturated heterocycles. The zero-order chi connectivity index (χ0) is 22.3. The van der Waals surface area contributed by atoms with Gasteiger partial charge < -0.3 is 14.2 Å². The first kappa shape index (κ1) is 21.1. The second-order valence-electron chi connectivity index (χ2n) is 7.59. The smallest absolute Gasteiger partial charge is 0.257 e. The van der Waals surface area contributed by atoms with Crippen LogP contribution >= 0.6 is 11.3 Å². The van der Waals surface area contributed by atoms with Gasteiger partial charge in [-0.3, -0.25) is 10.1 Å². The Kier molecular flexibility index (Phi) is 5.49. The molecule has 1 fully saturated rings. The summed E-state index contributed by atoms with van der Waals surface area (Å²) in [6, 6.07) is 9.47. The first-order chi connectivity index (χ1) is 15.4. The van der Waals surface area contributed by atoms with Crippen LogP contribution in [0.5, 0.6) is 11.5 Å². The molecule has 0 bridgehead atoms. The van der Waals surface area contributed by atoms with Crippen molar-refractivity contribution < 1.29 is 27.4 Å². The maximum atomic E-state index is 12.8. The minimum atomic E-state index is -3.66. The monoisotopic (exact) mass is 475 g/mol. The normalized spacial score (nSPS) is 17.9. The number of amides is 1. The van der Waals surface area contributed by atoms with Crippen LogP contribution in [0.25, 0.3) is 10.2 Å². The largest absolute Gasteiger partial charge is 0.454 e. The van der Waals surface area contributed by atoms with Crippen molar-refractivity contribution in [3.8, 4) is 11.5 Å². The molecule has 3 heterocycles. The van der Waals surface area contributed by atoms with Gasteiger partial charge in [-0.05, 0) is 37.1 Å².